The standard InChI is InChI=1S/C17H27NO/c1-19-14-8-2-7-13-18-17-12-6-4-10-15-9-3-5-11-16(15)17/h3,5,9,11,17-18H,2,4,6-8,10,12-14H2,1H3. The fourth-order valence-corrected chi connectivity index (χ4v) is 2.96. The monoisotopic (exact) mass is 261 g/mol. The molecule has 1 N–H and O–H groups in total. The Bertz CT molecular complexity index is 364. The lowest BCUT2D eigenvalue weighted by atomic mass is 9.99. The maximum absolute atomic E-state index is 5.08. The number of ether oxygens (including phenoxy) is 1. The van der Waals surface area contributed by atoms with Crippen molar-refractivity contribution >= 4 is 0 Å². The quantitative estimate of drug-likeness (QED) is 0.594. The molecule has 19 heavy (non-hydrogen) atoms. The second-order valence-electron chi connectivity index (χ2n) is 5.50. The molecule has 0 saturated carbocycles. The molecule has 0 fully saturated rings. The number of rotatable bonds is 7. The summed E-state index contributed by atoms with van der Waals surface area (Å²) in [5, 5.41) is 3.75. The Morgan fingerprint density at radius 2 is 2.05 bits per heavy atom. The molecule has 0 heterocycles. The number of methoxy groups -OCH3 is 1. The van der Waals surface area contributed by atoms with Crippen molar-refractivity contribution in [2.24, 2.45) is 0 Å². The van der Waals surface area contributed by atoms with Crippen LogP contribution in [0.2, 0.25) is 0 Å². The summed E-state index contributed by atoms with van der Waals surface area (Å²) in [5.41, 5.74) is 3.09. The molecular weight excluding hydrogens is 234 g/mol. The summed E-state index contributed by atoms with van der Waals surface area (Å²) < 4.78 is 5.08. The molecule has 1 aliphatic carbocycles. The normalized spacial score (nSPS) is 18.9. The fourth-order valence-electron chi connectivity index (χ4n) is 2.96. The van der Waals surface area contributed by atoms with Gasteiger partial charge in [-0.2, -0.15) is 0 Å². The van der Waals surface area contributed by atoms with Gasteiger partial charge >= 0.3 is 0 Å². The van der Waals surface area contributed by atoms with E-state index in [0.717, 1.165) is 13.2 Å². The van der Waals surface area contributed by atoms with Crippen LogP contribution in [0.3, 0.4) is 0 Å². The average molecular weight is 261 g/mol. The van der Waals surface area contributed by atoms with E-state index in [4.69, 9.17) is 4.74 Å². The molecule has 0 radical (unpaired) electrons. The molecule has 2 rings (SSSR count). The van der Waals surface area contributed by atoms with E-state index in [2.05, 4.69) is 29.6 Å². The fraction of sp³-hybridized carbons (Fsp3) is 0.647. The number of aryl methyl sites for hydroxylation is 1. The molecule has 2 nitrogen and oxygen atoms in total. The molecule has 0 bridgehead atoms. The highest BCUT2D eigenvalue weighted by Crippen LogP contribution is 2.28. The van der Waals surface area contributed by atoms with E-state index < -0.39 is 0 Å². The van der Waals surface area contributed by atoms with Gasteiger partial charge in [0.25, 0.3) is 0 Å². The minimum absolute atomic E-state index is 0.570. The van der Waals surface area contributed by atoms with Crippen molar-refractivity contribution in [3.63, 3.8) is 0 Å². The third-order valence-electron chi connectivity index (χ3n) is 4.04. The molecule has 0 saturated heterocycles. The predicted molar refractivity (Wildman–Crippen MR) is 80.5 cm³/mol. The second kappa shape index (κ2) is 8.34. The van der Waals surface area contributed by atoms with E-state index >= 15 is 0 Å². The number of benzene rings is 1. The van der Waals surface area contributed by atoms with Crippen LogP contribution in [-0.2, 0) is 11.2 Å². The van der Waals surface area contributed by atoms with E-state index in [1.54, 1.807) is 12.7 Å². The molecule has 1 unspecified atom stereocenters. The number of hydrogen-bond donors (Lipinski definition) is 1. The smallest absolute Gasteiger partial charge is 0.0462 e. The van der Waals surface area contributed by atoms with E-state index in [1.807, 2.05) is 0 Å². The Hall–Kier alpha value is -0.860. The van der Waals surface area contributed by atoms with Gasteiger partial charge in [0.05, 0.1) is 0 Å². The van der Waals surface area contributed by atoms with Crippen LogP contribution in [0.25, 0.3) is 0 Å². The summed E-state index contributed by atoms with van der Waals surface area (Å²) in [5.74, 6) is 0. The van der Waals surface area contributed by atoms with Crippen molar-refractivity contribution in [2.45, 2.75) is 51.0 Å². The van der Waals surface area contributed by atoms with Crippen LogP contribution in [0.5, 0.6) is 0 Å². The Morgan fingerprint density at radius 1 is 1.16 bits per heavy atom. The molecule has 1 aliphatic rings. The van der Waals surface area contributed by atoms with E-state index in [0.29, 0.717) is 6.04 Å². The minimum atomic E-state index is 0.570. The lowest BCUT2D eigenvalue weighted by molar-refractivity contribution is 0.192. The van der Waals surface area contributed by atoms with Crippen LogP contribution in [-0.4, -0.2) is 20.3 Å². The highest BCUT2D eigenvalue weighted by atomic mass is 16.5. The van der Waals surface area contributed by atoms with E-state index in [-0.39, 0.29) is 0 Å². The molecule has 0 spiro atoms. The van der Waals surface area contributed by atoms with Gasteiger partial charge in [-0.15, -0.1) is 0 Å². The highest BCUT2D eigenvalue weighted by Gasteiger charge is 2.17. The average Bonchev–Trinajstić information content (AvgIpc) is 2.65. The van der Waals surface area contributed by atoms with Gasteiger partial charge in [0.15, 0.2) is 0 Å². The van der Waals surface area contributed by atoms with Crippen LogP contribution >= 0.6 is 0 Å². The highest BCUT2D eigenvalue weighted by molar-refractivity contribution is 5.31. The zero-order valence-electron chi connectivity index (χ0n) is 12.2. The number of hydrogen-bond acceptors (Lipinski definition) is 2. The summed E-state index contributed by atoms with van der Waals surface area (Å²) in [6.07, 6.45) is 8.91. The van der Waals surface area contributed by atoms with Gasteiger partial charge in [0.1, 0.15) is 0 Å². The lowest BCUT2D eigenvalue weighted by Gasteiger charge is -2.19. The first kappa shape index (κ1) is 14.5. The van der Waals surface area contributed by atoms with Gasteiger partial charge in [-0.1, -0.05) is 30.7 Å². The SMILES string of the molecule is COCCCCCNC1CCCCc2ccccc21. The van der Waals surface area contributed by atoms with Crippen molar-refractivity contribution in [3.05, 3.63) is 35.4 Å². The molecule has 106 valence electrons. The summed E-state index contributed by atoms with van der Waals surface area (Å²) in [7, 11) is 1.78. The molecule has 0 aromatic heterocycles. The summed E-state index contributed by atoms with van der Waals surface area (Å²) in [6.45, 7) is 2.02. The first-order chi connectivity index (χ1) is 9.42. The summed E-state index contributed by atoms with van der Waals surface area (Å²) in [6, 6.07) is 9.53. The van der Waals surface area contributed by atoms with Gasteiger partial charge in [-0.25, -0.2) is 0 Å². The Labute approximate surface area is 117 Å². The molecular formula is C17H27NO. The first-order valence-electron chi connectivity index (χ1n) is 7.72. The van der Waals surface area contributed by atoms with Crippen LogP contribution in [0.15, 0.2) is 24.3 Å². The van der Waals surface area contributed by atoms with Crippen LogP contribution in [0.1, 0.15) is 55.7 Å². The zero-order valence-corrected chi connectivity index (χ0v) is 12.2. The molecule has 0 aliphatic heterocycles. The largest absolute Gasteiger partial charge is 0.385 e. The van der Waals surface area contributed by atoms with E-state index in [1.165, 1.54) is 50.5 Å². The third kappa shape index (κ3) is 4.63. The number of nitrogens with one attached hydrogen (secondary N) is 1. The minimum Gasteiger partial charge on any atom is -0.385 e. The van der Waals surface area contributed by atoms with Crippen molar-refractivity contribution < 1.29 is 4.74 Å². The molecule has 0 amide bonds. The Kier molecular flexibility index (Phi) is 6.38. The zero-order chi connectivity index (χ0) is 13.3. The molecule has 1 aromatic rings. The maximum Gasteiger partial charge on any atom is 0.0462 e. The summed E-state index contributed by atoms with van der Waals surface area (Å²) >= 11 is 0. The number of fused-ring (bicyclic) bond motifs is 1. The van der Waals surface area contributed by atoms with Gasteiger partial charge in [0, 0.05) is 19.8 Å². The molecule has 2 heteroatoms. The van der Waals surface area contributed by atoms with E-state index in [9.17, 15) is 0 Å². The van der Waals surface area contributed by atoms with Gasteiger partial charge < -0.3 is 10.1 Å². The van der Waals surface area contributed by atoms with Crippen molar-refractivity contribution in [3.8, 4) is 0 Å². The van der Waals surface area contributed by atoms with Crippen molar-refractivity contribution in [1.82, 2.24) is 5.32 Å². The predicted octanol–water partition coefficient (Wildman–Crippen LogP) is 3.86. The Morgan fingerprint density at radius 3 is 2.95 bits per heavy atom. The first-order valence-corrected chi connectivity index (χ1v) is 7.72. The Balaban J connectivity index is 1.79. The van der Waals surface area contributed by atoms with Crippen molar-refractivity contribution in [1.29, 1.82) is 0 Å². The topological polar surface area (TPSA) is 21.3 Å². The molecule has 1 aromatic carbocycles. The van der Waals surface area contributed by atoms with Crippen LogP contribution in [0.4, 0.5) is 0 Å². The molecule has 1 atom stereocenters. The van der Waals surface area contributed by atoms with Gasteiger partial charge in [-0.05, 0) is 56.2 Å². The number of unbranched alkanes of at least 4 members (excludes halogenated alkanes) is 2. The van der Waals surface area contributed by atoms with Gasteiger partial charge in [0.2, 0.25) is 0 Å². The van der Waals surface area contributed by atoms with Crippen LogP contribution < -0.4 is 5.32 Å². The third-order valence-corrected chi connectivity index (χ3v) is 4.04. The second-order valence-corrected chi connectivity index (χ2v) is 5.50. The maximum atomic E-state index is 5.08. The summed E-state index contributed by atoms with van der Waals surface area (Å²) in [4.78, 5) is 0. The lowest BCUT2D eigenvalue weighted by Crippen LogP contribution is -2.22. The van der Waals surface area contributed by atoms with Crippen LogP contribution in [0, 0.1) is 0 Å². The van der Waals surface area contributed by atoms with Gasteiger partial charge in [-0.3, -0.25) is 0 Å². The van der Waals surface area contributed by atoms with Crippen molar-refractivity contribution in [2.75, 3.05) is 20.3 Å².